The number of nitrogens with zero attached hydrogens (tertiary/aromatic N) is 5. The number of alkyl halides is 3. The lowest BCUT2D eigenvalue weighted by Gasteiger charge is -2.10. The third kappa shape index (κ3) is 4.93. The number of fused-ring (bicyclic) bond motifs is 1. The number of halogens is 3. The van der Waals surface area contributed by atoms with Crippen molar-refractivity contribution >= 4 is 22.9 Å². The first kappa shape index (κ1) is 23.5. The molecular formula is C23H13F3N6O5. The second kappa shape index (κ2) is 9.07. The number of aromatic nitrogens is 4. The maximum atomic E-state index is 13.7. The van der Waals surface area contributed by atoms with Crippen molar-refractivity contribution in [1.29, 1.82) is 0 Å². The normalized spacial score (nSPS) is 11.4. The van der Waals surface area contributed by atoms with Gasteiger partial charge in [0.05, 0.1) is 29.1 Å². The van der Waals surface area contributed by atoms with Crippen LogP contribution in [-0.2, 0) is 6.18 Å². The fraction of sp³-hybridized carbons (Fsp3) is 0.0435. The lowest BCUT2D eigenvalue weighted by atomic mass is 10.2. The van der Waals surface area contributed by atoms with Crippen LogP contribution in [0.2, 0.25) is 0 Å². The molecule has 0 bridgehead atoms. The highest BCUT2D eigenvalue weighted by Gasteiger charge is 2.36. The predicted molar refractivity (Wildman–Crippen MR) is 121 cm³/mol. The molecule has 1 aromatic carbocycles. The summed E-state index contributed by atoms with van der Waals surface area (Å²) in [6, 6.07) is 11.4. The van der Waals surface area contributed by atoms with E-state index in [2.05, 4.69) is 20.4 Å². The SMILES string of the molecule is O=C(Nc1cc(Oc2cccnc2)cc([N+](=O)[O-])c1)c1cc2nc(-c3ccco3)cc(C(F)(F)F)n2n1. The minimum absolute atomic E-state index is 0.0246. The number of non-ortho nitro benzene ring substituents is 1. The van der Waals surface area contributed by atoms with E-state index >= 15 is 0 Å². The number of ether oxygens (including phenoxy) is 1. The number of anilines is 1. The number of benzene rings is 1. The summed E-state index contributed by atoms with van der Waals surface area (Å²) in [6.07, 6.45) is -0.636. The van der Waals surface area contributed by atoms with Crippen molar-refractivity contribution in [1.82, 2.24) is 19.6 Å². The average molecular weight is 510 g/mol. The molecule has 1 N–H and O–H groups in total. The number of pyridine rings is 1. The van der Waals surface area contributed by atoms with E-state index in [0.717, 1.165) is 24.3 Å². The number of amides is 1. The monoisotopic (exact) mass is 510 g/mol. The molecule has 0 saturated carbocycles. The van der Waals surface area contributed by atoms with Gasteiger partial charge in [-0.2, -0.15) is 18.3 Å². The van der Waals surface area contributed by atoms with E-state index in [0.29, 0.717) is 10.3 Å². The number of furan rings is 1. The topological polar surface area (TPSA) is 138 Å². The van der Waals surface area contributed by atoms with Crippen LogP contribution in [0.25, 0.3) is 17.1 Å². The van der Waals surface area contributed by atoms with Crippen LogP contribution in [0, 0.1) is 10.1 Å². The Morgan fingerprint density at radius 3 is 2.62 bits per heavy atom. The summed E-state index contributed by atoms with van der Waals surface area (Å²) in [5.74, 6) is -0.515. The van der Waals surface area contributed by atoms with Gasteiger partial charge < -0.3 is 14.5 Å². The molecule has 14 heteroatoms. The highest BCUT2D eigenvalue weighted by atomic mass is 19.4. The second-order valence-electron chi connectivity index (χ2n) is 7.52. The molecule has 0 fully saturated rings. The third-order valence-electron chi connectivity index (χ3n) is 4.95. The number of hydrogen-bond donors (Lipinski definition) is 1. The van der Waals surface area contributed by atoms with Crippen LogP contribution in [0.4, 0.5) is 24.5 Å². The van der Waals surface area contributed by atoms with Gasteiger partial charge in [0.25, 0.3) is 11.6 Å². The Bertz CT molecular complexity index is 1620. The standard InChI is InChI=1S/C23H13F3N6O5/c24-23(25,26)20-10-17(19-4-2-6-36-19)29-21-11-18(30-31(20)21)22(33)28-13-7-14(32(34)35)9-16(8-13)37-15-3-1-5-27-12-15/h1-12H,(H,28,33). The Balaban J connectivity index is 1.49. The highest BCUT2D eigenvalue weighted by molar-refractivity contribution is 6.03. The number of carbonyl (C=O) groups excluding carboxylic acids is 1. The Morgan fingerprint density at radius 2 is 1.95 bits per heavy atom. The maximum absolute atomic E-state index is 13.7. The molecule has 37 heavy (non-hydrogen) atoms. The van der Waals surface area contributed by atoms with Gasteiger partial charge in [-0.15, -0.1) is 0 Å². The molecule has 5 aromatic rings. The van der Waals surface area contributed by atoms with Crippen molar-refractivity contribution in [2.24, 2.45) is 0 Å². The number of hydrogen-bond acceptors (Lipinski definition) is 8. The number of nitro groups is 1. The molecule has 186 valence electrons. The van der Waals surface area contributed by atoms with Crippen molar-refractivity contribution in [2.75, 3.05) is 5.32 Å². The summed E-state index contributed by atoms with van der Waals surface area (Å²) in [5.41, 5.74) is -2.38. The van der Waals surface area contributed by atoms with Gasteiger partial charge in [-0.1, -0.05) is 0 Å². The fourth-order valence-electron chi connectivity index (χ4n) is 3.40. The van der Waals surface area contributed by atoms with Crippen molar-refractivity contribution in [3.8, 4) is 23.0 Å². The molecule has 0 aliphatic carbocycles. The molecule has 4 heterocycles. The Labute approximate surface area is 204 Å². The van der Waals surface area contributed by atoms with Crippen molar-refractivity contribution in [3.63, 3.8) is 0 Å². The second-order valence-corrected chi connectivity index (χ2v) is 7.52. The van der Waals surface area contributed by atoms with Crippen LogP contribution in [0.3, 0.4) is 0 Å². The summed E-state index contributed by atoms with van der Waals surface area (Å²) in [4.78, 5) is 31.6. The van der Waals surface area contributed by atoms with Gasteiger partial charge in [0.1, 0.15) is 17.2 Å². The van der Waals surface area contributed by atoms with E-state index in [9.17, 15) is 28.1 Å². The summed E-state index contributed by atoms with van der Waals surface area (Å²) in [6.45, 7) is 0. The van der Waals surface area contributed by atoms with Gasteiger partial charge in [0, 0.05) is 24.4 Å². The lowest BCUT2D eigenvalue weighted by Crippen LogP contribution is -2.15. The molecule has 0 saturated heterocycles. The van der Waals surface area contributed by atoms with E-state index in [-0.39, 0.29) is 28.5 Å². The number of carbonyl (C=O) groups is 1. The molecule has 1 amide bonds. The summed E-state index contributed by atoms with van der Waals surface area (Å²) < 4.78 is 52.4. The van der Waals surface area contributed by atoms with Crippen LogP contribution >= 0.6 is 0 Å². The molecule has 4 aromatic heterocycles. The van der Waals surface area contributed by atoms with Gasteiger partial charge in [-0.05, 0) is 30.3 Å². The summed E-state index contributed by atoms with van der Waals surface area (Å²) in [7, 11) is 0. The minimum atomic E-state index is -4.82. The quantitative estimate of drug-likeness (QED) is 0.238. The third-order valence-corrected chi connectivity index (χ3v) is 4.95. The molecule has 0 radical (unpaired) electrons. The molecular weight excluding hydrogens is 497 g/mol. The molecule has 0 aliphatic rings. The number of nitro benzene ring substituents is 1. The molecule has 0 atom stereocenters. The molecule has 0 spiro atoms. The maximum Gasteiger partial charge on any atom is 0.433 e. The number of rotatable bonds is 6. The van der Waals surface area contributed by atoms with Crippen molar-refractivity contribution < 1.29 is 32.0 Å². The first-order chi connectivity index (χ1) is 17.7. The number of nitrogens with one attached hydrogen (secondary N) is 1. The Kier molecular flexibility index (Phi) is 5.75. The first-order valence-corrected chi connectivity index (χ1v) is 10.4. The highest BCUT2D eigenvalue weighted by Crippen LogP contribution is 2.33. The zero-order valence-corrected chi connectivity index (χ0v) is 18.3. The van der Waals surface area contributed by atoms with Crippen LogP contribution < -0.4 is 10.1 Å². The van der Waals surface area contributed by atoms with Gasteiger partial charge in [0.2, 0.25) is 0 Å². The van der Waals surface area contributed by atoms with Gasteiger partial charge in [0.15, 0.2) is 22.8 Å². The zero-order valence-electron chi connectivity index (χ0n) is 18.3. The minimum Gasteiger partial charge on any atom is -0.463 e. The Morgan fingerprint density at radius 1 is 1.11 bits per heavy atom. The van der Waals surface area contributed by atoms with E-state index in [1.807, 2.05) is 0 Å². The average Bonchev–Trinajstić information content (AvgIpc) is 3.53. The van der Waals surface area contributed by atoms with Crippen LogP contribution in [0.5, 0.6) is 11.5 Å². The largest absolute Gasteiger partial charge is 0.463 e. The van der Waals surface area contributed by atoms with Crippen molar-refractivity contribution in [3.05, 3.63) is 94.8 Å². The molecule has 5 rings (SSSR count). The smallest absolute Gasteiger partial charge is 0.433 e. The van der Waals surface area contributed by atoms with Crippen LogP contribution in [-0.4, -0.2) is 30.4 Å². The van der Waals surface area contributed by atoms with Gasteiger partial charge in [-0.3, -0.25) is 19.9 Å². The van der Waals surface area contributed by atoms with Gasteiger partial charge in [-0.25, -0.2) is 9.50 Å². The van der Waals surface area contributed by atoms with E-state index < -0.39 is 34.1 Å². The predicted octanol–water partition coefficient (Wildman–Crippen LogP) is 5.36. The van der Waals surface area contributed by atoms with Gasteiger partial charge >= 0.3 is 6.18 Å². The molecule has 0 aliphatic heterocycles. The fourth-order valence-corrected chi connectivity index (χ4v) is 3.40. The van der Waals surface area contributed by atoms with E-state index in [1.165, 1.54) is 36.9 Å². The lowest BCUT2D eigenvalue weighted by molar-refractivity contribution is -0.384. The summed E-state index contributed by atoms with van der Waals surface area (Å²) >= 11 is 0. The molecule has 0 unspecified atom stereocenters. The van der Waals surface area contributed by atoms with Crippen LogP contribution in [0.1, 0.15) is 16.2 Å². The van der Waals surface area contributed by atoms with Crippen molar-refractivity contribution in [2.45, 2.75) is 6.18 Å². The molecule has 11 nitrogen and oxygen atoms in total. The van der Waals surface area contributed by atoms with Crippen LogP contribution in [0.15, 0.2) is 77.7 Å². The zero-order chi connectivity index (χ0) is 26.2. The van der Waals surface area contributed by atoms with E-state index in [4.69, 9.17) is 9.15 Å². The summed E-state index contributed by atoms with van der Waals surface area (Å²) in [5, 5.41) is 17.5. The van der Waals surface area contributed by atoms with E-state index in [1.54, 1.807) is 12.1 Å². The Hall–Kier alpha value is -5.27. The first-order valence-electron chi connectivity index (χ1n) is 10.4.